The molecule has 1 heterocycles. The predicted molar refractivity (Wildman–Crippen MR) is 87.9 cm³/mol. The van der Waals surface area contributed by atoms with E-state index in [4.69, 9.17) is 23.2 Å². The first-order valence-electron chi connectivity index (χ1n) is 6.37. The number of para-hydroxylation sites is 1. The maximum atomic E-state index is 12.9. The SMILES string of the molecule is O=C(O)c1cc2ccccc2n1S(=O)(=O)c1ccc(Cl)c(Cl)c1. The van der Waals surface area contributed by atoms with E-state index < -0.39 is 16.0 Å². The van der Waals surface area contributed by atoms with Gasteiger partial charge in [-0.2, -0.15) is 0 Å². The van der Waals surface area contributed by atoms with Gasteiger partial charge in [0, 0.05) is 5.39 Å². The predicted octanol–water partition coefficient (Wildman–Crippen LogP) is 3.88. The number of nitrogens with zero attached hydrogens (tertiary/aromatic N) is 1. The van der Waals surface area contributed by atoms with E-state index in [1.54, 1.807) is 18.2 Å². The van der Waals surface area contributed by atoms with Crippen molar-refractivity contribution >= 4 is 50.1 Å². The third kappa shape index (κ3) is 2.59. The molecule has 0 amide bonds. The highest BCUT2D eigenvalue weighted by Crippen LogP contribution is 2.29. The van der Waals surface area contributed by atoms with Crippen molar-refractivity contribution < 1.29 is 18.3 Å². The third-order valence-corrected chi connectivity index (χ3v) is 5.78. The lowest BCUT2D eigenvalue weighted by molar-refractivity contribution is 0.0689. The number of hydrogen-bond donors (Lipinski definition) is 1. The molecule has 1 aromatic heterocycles. The van der Waals surface area contributed by atoms with Gasteiger partial charge >= 0.3 is 5.97 Å². The molecule has 5 nitrogen and oxygen atoms in total. The number of hydrogen-bond acceptors (Lipinski definition) is 3. The molecule has 0 atom stereocenters. The monoisotopic (exact) mass is 369 g/mol. The summed E-state index contributed by atoms with van der Waals surface area (Å²) in [5, 5.41) is 10.1. The van der Waals surface area contributed by atoms with Gasteiger partial charge < -0.3 is 5.11 Å². The van der Waals surface area contributed by atoms with E-state index >= 15 is 0 Å². The van der Waals surface area contributed by atoms with Crippen molar-refractivity contribution in [1.82, 2.24) is 3.97 Å². The molecule has 0 fully saturated rings. The average Bonchev–Trinajstić information content (AvgIpc) is 2.90. The van der Waals surface area contributed by atoms with Crippen LogP contribution >= 0.6 is 23.2 Å². The van der Waals surface area contributed by atoms with E-state index in [1.165, 1.54) is 30.3 Å². The Kier molecular flexibility index (Phi) is 3.83. The van der Waals surface area contributed by atoms with Crippen LogP contribution in [0.5, 0.6) is 0 Å². The van der Waals surface area contributed by atoms with Crippen LogP contribution in [0.4, 0.5) is 0 Å². The number of benzene rings is 2. The lowest BCUT2D eigenvalue weighted by Gasteiger charge is -2.10. The molecule has 118 valence electrons. The van der Waals surface area contributed by atoms with Gasteiger partial charge in [-0.1, -0.05) is 41.4 Å². The van der Waals surface area contributed by atoms with Crippen LogP contribution in [0, 0.1) is 0 Å². The van der Waals surface area contributed by atoms with Gasteiger partial charge in [0.1, 0.15) is 5.69 Å². The maximum Gasteiger partial charge on any atom is 0.353 e. The normalized spacial score (nSPS) is 11.7. The Morgan fingerprint density at radius 3 is 2.35 bits per heavy atom. The molecule has 0 bridgehead atoms. The van der Waals surface area contributed by atoms with Crippen LogP contribution in [0.1, 0.15) is 10.5 Å². The highest BCUT2D eigenvalue weighted by molar-refractivity contribution is 7.90. The van der Waals surface area contributed by atoms with E-state index in [0.717, 1.165) is 3.97 Å². The fourth-order valence-electron chi connectivity index (χ4n) is 2.28. The molecule has 0 aliphatic heterocycles. The van der Waals surface area contributed by atoms with Crippen molar-refractivity contribution in [2.75, 3.05) is 0 Å². The molecule has 23 heavy (non-hydrogen) atoms. The number of rotatable bonds is 3. The average molecular weight is 370 g/mol. The fraction of sp³-hybridized carbons (Fsp3) is 0. The Balaban J connectivity index is 2.36. The summed E-state index contributed by atoms with van der Waals surface area (Å²) in [4.78, 5) is 11.3. The van der Waals surface area contributed by atoms with Crippen molar-refractivity contribution in [1.29, 1.82) is 0 Å². The van der Waals surface area contributed by atoms with Gasteiger partial charge in [-0.15, -0.1) is 0 Å². The number of halogens is 2. The van der Waals surface area contributed by atoms with Crippen LogP contribution in [0.25, 0.3) is 10.9 Å². The summed E-state index contributed by atoms with van der Waals surface area (Å²) >= 11 is 11.7. The highest BCUT2D eigenvalue weighted by atomic mass is 35.5. The van der Waals surface area contributed by atoms with E-state index in [9.17, 15) is 18.3 Å². The van der Waals surface area contributed by atoms with Crippen LogP contribution < -0.4 is 0 Å². The molecule has 3 aromatic rings. The van der Waals surface area contributed by atoms with Crippen molar-refractivity contribution in [3.8, 4) is 0 Å². The Morgan fingerprint density at radius 1 is 1.00 bits per heavy atom. The summed E-state index contributed by atoms with van der Waals surface area (Å²) in [5.74, 6) is -1.34. The minimum absolute atomic E-state index is 0.0704. The van der Waals surface area contributed by atoms with E-state index in [-0.39, 0.29) is 26.2 Å². The number of aromatic nitrogens is 1. The smallest absolute Gasteiger partial charge is 0.353 e. The molecular weight excluding hydrogens is 361 g/mol. The summed E-state index contributed by atoms with van der Waals surface area (Å²) in [5.41, 5.74) is -0.0757. The topological polar surface area (TPSA) is 76.4 Å². The molecule has 0 spiro atoms. The fourth-order valence-corrected chi connectivity index (χ4v) is 4.18. The van der Waals surface area contributed by atoms with Gasteiger partial charge in [0.25, 0.3) is 10.0 Å². The van der Waals surface area contributed by atoms with Crippen molar-refractivity contribution in [3.63, 3.8) is 0 Å². The van der Waals surface area contributed by atoms with E-state index in [1.807, 2.05) is 0 Å². The Morgan fingerprint density at radius 2 is 1.70 bits per heavy atom. The van der Waals surface area contributed by atoms with Crippen molar-refractivity contribution in [2.24, 2.45) is 0 Å². The number of fused-ring (bicyclic) bond motifs is 1. The van der Waals surface area contributed by atoms with Gasteiger partial charge in [0.05, 0.1) is 20.5 Å². The second-order valence-electron chi connectivity index (χ2n) is 4.74. The van der Waals surface area contributed by atoms with E-state index in [2.05, 4.69) is 0 Å². The zero-order valence-electron chi connectivity index (χ0n) is 11.4. The van der Waals surface area contributed by atoms with Crippen molar-refractivity contribution in [2.45, 2.75) is 4.90 Å². The molecule has 0 radical (unpaired) electrons. The largest absolute Gasteiger partial charge is 0.477 e. The van der Waals surface area contributed by atoms with E-state index in [0.29, 0.717) is 5.39 Å². The second kappa shape index (κ2) is 5.56. The molecule has 3 rings (SSSR count). The lowest BCUT2D eigenvalue weighted by atomic mass is 10.2. The molecule has 2 aromatic carbocycles. The highest BCUT2D eigenvalue weighted by Gasteiger charge is 2.26. The quantitative estimate of drug-likeness (QED) is 0.759. The number of carboxylic acids is 1. The lowest BCUT2D eigenvalue weighted by Crippen LogP contribution is -2.18. The molecular formula is C15H9Cl2NO4S. The molecule has 0 unspecified atom stereocenters. The standard InChI is InChI=1S/C15H9Cl2NO4S/c16-11-6-5-10(8-12(11)17)23(21,22)18-13-4-2-1-3-9(13)7-14(18)15(19)20/h1-8H,(H,19,20). The molecule has 0 aliphatic carbocycles. The summed E-state index contributed by atoms with van der Waals surface area (Å²) < 4.78 is 26.6. The Labute approximate surface area is 141 Å². The molecule has 0 saturated heterocycles. The van der Waals surface area contributed by atoms with Crippen LogP contribution in [0.3, 0.4) is 0 Å². The number of carboxylic acid groups (broad SMARTS) is 1. The molecule has 0 saturated carbocycles. The Hall–Kier alpha value is -2.02. The number of carbonyl (C=O) groups is 1. The Bertz CT molecular complexity index is 1040. The summed E-state index contributed by atoms with van der Waals surface area (Å²) in [6.45, 7) is 0. The van der Waals surface area contributed by atoms with Gasteiger partial charge in [0.15, 0.2) is 0 Å². The maximum absolute atomic E-state index is 12.9. The third-order valence-electron chi connectivity index (χ3n) is 3.31. The number of aromatic carboxylic acids is 1. The van der Waals surface area contributed by atoms with Gasteiger partial charge in [-0.25, -0.2) is 17.2 Å². The first-order valence-corrected chi connectivity index (χ1v) is 8.56. The summed E-state index contributed by atoms with van der Waals surface area (Å²) in [7, 11) is -4.14. The summed E-state index contributed by atoms with van der Waals surface area (Å²) in [6, 6.07) is 11.7. The van der Waals surface area contributed by atoms with Crippen LogP contribution in [-0.2, 0) is 10.0 Å². The summed E-state index contributed by atoms with van der Waals surface area (Å²) in [6.07, 6.45) is 0. The van der Waals surface area contributed by atoms with Crippen molar-refractivity contribution in [3.05, 3.63) is 64.3 Å². The van der Waals surface area contributed by atoms with Crippen LogP contribution in [-0.4, -0.2) is 23.5 Å². The second-order valence-corrected chi connectivity index (χ2v) is 7.34. The molecule has 8 heteroatoms. The first kappa shape index (κ1) is 15.9. The van der Waals surface area contributed by atoms with Crippen LogP contribution in [0.2, 0.25) is 10.0 Å². The minimum atomic E-state index is -4.14. The van der Waals surface area contributed by atoms with Gasteiger partial charge in [-0.05, 0) is 30.3 Å². The first-order chi connectivity index (χ1) is 10.8. The van der Waals surface area contributed by atoms with Gasteiger partial charge in [-0.3, -0.25) is 0 Å². The zero-order valence-corrected chi connectivity index (χ0v) is 13.7. The molecule has 1 N–H and O–H groups in total. The minimum Gasteiger partial charge on any atom is -0.477 e. The molecule has 0 aliphatic rings. The van der Waals surface area contributed by atoms with Gasteiger partial charge in [0.2, 0.25) is 0 Å². The van der Waals surface area contributed by atoms with Crippen LogP contribution in [0.15, 0.2) is 53.4 Å². The zero-order chi connectivity index (χ0) is 16.8.